The normalized spacial score (nSPS) is 14.0. The van der Waals surface area contributed by atoms with Gasteiger partial charge in [-0.3, -0.25) is 20.0 Å². The number of aromatic nitrogens is 6. The van der Waals surface area contributed by atoms with Gasteiger partial charge in [-0.15, -0.1) is 0 Å². The fourth-order valence-electron chi connectivity index (χ4n) is 5.87. The second kappa shape index (κ2) is 11.5. The van der Waals surface area contributed by atoms with E-state index < -0.39 is 0 Å². The molecule has 0 amide bonds. The number of halogens is 1. The molecule has 0 spiro atoms. The van der Waals surface area contributed by atoms with Gasteiger partial charge in [0.05, 0.1) is 23.1 Å². The van der Waals surface area contributed by atoms with Crippen molar-refractivity contribution < 1.29 is 9.13 Å². The van der Waals surface area contributed by atoms with Crippen molar-refractivity contribution in [2.24, 2.45) is 0 Å². The first kappa shape index (κ1) is 27.2. The van der Waals surface area contributed by atoms with E-state index in [1.54, 1.807) is 12.4 Å². The van der Waals surface area contributed by atoms with Crippen LogP contribution < -0.4 is 4.74 Å². The minimum Gasteiger partial charge on any atom is -0.492 e. The standard InChI is InChI=1S/C33H33FN8O/c1-41(2)20-21-11-23(18-35-17-21)29-16-28-31(19-37-29)39-40-32(28)30-15-27-26(5-6-36-33(27)38-30)22-12-24(34)14-25(13-22)43-10-9-42-7-3-4-8-42/h5-6,11-19H,3-4,7-10,20H2,1-2H3,(H,36,38)(H,39,40). The lowest BCUT2D eigenvalue weighted by Crippen LogP contribution is -2.25. The quantitative estimate of drug-likeness (QED) is 0.221. The molecule has 6 aromatic rings. The molecule has 0 radical (unpaired) electrons. The van der Waals surface area contributed by atoms with E-state index in [-0.39, 0.29) is 5.82 Å². The lowest BCUT2D eigenvalue weighted by molar-refractivity contribution is 0.237. The molecule has 218 valence electrons. The Labute approximate surface area is 248 Å². The fraction of sp³-hybridized carbons (Fsp3) is 0.273. The Hall–Kier alpha value is -4.67. The van der Waals surface area contributed by atoms with Crippen LogP contribution in [0.5, 0.6) is 5.75 Å². The first-order valence-electron chi connectivity index (χ1n) is 14.6. The summed E-state index contributed by atoms with van der Waals surface area (Å²) in [6.45, 7) is 4.38. The lowest BCUT2D eigenvalue weighted by atomic mass is 10.0. The Morgan fingerprint density at radius 3 is 2.70 bits per heavy atom. The number of benzene rings is 1. The number of rotatable bonds is 9. The topological polar surface area (TPSA) is 98.9 Å². The number of H-pyrrole nitrogens is 2. The largest absolute Gasteiger partial charge is 0.492 e. The number of pyridine rings is 3. The van der Waals surface area contributed by atoms with E-state index in [2.05, 4.69) is 46.0 Å². The molecule has 1 aromatic carbocycles. The van der Waals surface area contributed by atoms with Crippen molar-refractivity contribution >= 4 is 21.9 Å². The maximum atomic E-state index is 14.8. The highest BCUT2D eigenvalue weighted by molar-refractivity contribution is 6.00. The predicted molar refractivity (Wildman–Crippen MR) is 166 cm³/mol. The maximum Gasteiger partial charge on any atom is 0.138 e. The summed E-state index contributed by atoms with van der Waals surface area (Å²) >= 11 is 0. The van der Waals surface area contributed by atoms with Crippen LogP contribution in [0.2, 0.25) is 0 Å². The zero-order valence-electron chi connectivity index (χ0n) is 24.3. The van der Waals surface area contributed by atoms with E-state index in [1.165, 1.54) is 25.0 Å². The van der Waals surface area contributed by atoms with Gasteiger partial charge in [0, 0.05) is 54.1 Å². The first-order chi connectivity index (χ1) is 21.0. The third-order valence-electron chi connectivity index (χ3n) is 7.88. The smallest absolute Gasteiger partial charge is 0.138 e. The average molecular weight is 577 g/mol. The van der Waals surface area contributed by atoms with Gasteiger partial charge in [0.2, 0.25) is 0 Å². The van der Waals surface area contributed by atoms with Crippen LogP contribution in [0.25, 0.3) is 55.7 Å². The molecule has 0 unspecified atom stereocenters. The van der Waals surface area contributed by atoms with Gasteiger partial charge in [-0.1, -0.05) is 0 Å². The molecule has 6 heterocycles. The van der Waals surface area contributed by atoms with Crippen LogP contribution in [0, 0.1) is 5.82 Å². The van der Waals surface area contributed by atoms with Crippen LogP contribution in [0.1, 0.15) is 18.4 Å². The van der Waals surface area contributed by atoms with Gasteiger partial charge < -0.3 is 14.6 Å². The molecule has 0 bridgehead atoms. The molecule has 0 aliphatic carbocycles. The van der Waals surface area contributed by atoms with Gasteiger partial charge in [0.25, 0.3) is 0 Å². The van der Waals surface area contributed by atoms with Gasteiger partial charge in [0.15, 0.2) is 0 Å². The Kier molecular flexibility index (Phi) is 7.30. The average Bonchev–Trinajstić information content (AvgIpc) is 3.76. The molecular weight excluding hydrogens is 543 g/mol. The molecule has 9 nitrogen and oxygen atoms in total. The number of ether oxygens (including phenoxy) is 1. The van der Waals surface area contributed by atoms with Gasteiger partial charge in [0.1, 0.15) is 29.5 Å². The maximum absolute atomic E-state index is 14.8. The predicted octanol–water partition coefficient (Wildman–Crippen LogP) is 5.91. The minimum atomic E-state index is -0.336. The number of nitrogens with zero attached hydrogens (tertiary/aromatic N) is 6. The SMILES string of the molecule is CN(C)Cc1cncc(-c2cc3c(-c4cc5c(-c6cc(F)cc(OCCN7CCCC7)c6)ccnc5[nH]4)n[nH]c3cn2)c1. The summed E-state index contributed by atoms with van der Waals surface area (Å²) in [5.41, 5.74) is 7.54. The van der Waals surface area contributed by atoms with E-state index in [1.807, 2.05) is 50.8 Å². The highest BCUT2D eigenvalue weighted by atomic mass is 19.1. The Morgan fingerprint density at radius 2 is 1.84 bits per heavy atom. The molecule has 10 heteroatoms. The fourth-order valence-corrected chi connectivity index (χ4v) is 5.87. The zero-order valence-corrected chi connectivity index (χ0v) is 24.3. The van der Waals surface area contributed by atoms with Crippen molar-refractivity contribution in [3.05, 3.63) is 78.6 Å². The lowest BCUT2D eigenvalue weighted by Gasteiger charge is -2.15. The van der Waals surface area contributed by atoms with E-state index in [0.29, 0.717) is 18.0 Å². The number of fused-ring (bicyclic) bond motifs is 2. The van der Waals surface area contributed by atoms with Crippen molar-refractivity contribution in [2.75, 3.05) is 40.3 Å². The first-order valence-corrected chi connectivity index (χ1v) is 14.6. The van der Waals surface area contributed by atoms with Crippen LogP contribution in [0.4, 0.5) is 4.39 Å². The number of likely N-dealkylation sites (tertiary alicyclic amines) is 1. The molecule has 1 aliphatic heterocycles. The van der Waals surface area contributed by atoms with E-state index >= 15 is 0 Å². The second-order valence-corrected chi connectivity index (χ2v) is 11.4. The summed E-state index contributed by atoms with van der Waals surface area (Å²) in [6, 6.07) is 12.9. The molecule has 2 N–H and O–H groups in total. The molecule has 7 rings (SSSR count). The summed E-state index contributed by atoms with van der Waals surface area (Å²) in [6.07, 6.45) is 9.70. The summed E-state index contributed by atoms with van der Waals surface area (Å²) in [5.74, 6) is 0.189. The van der Waals surface area contributed by atoms with Crippen LogP contribution >= 0.6 is 0 Å². The number of hydrogen-bond acceptors (Lipinski definition) is 7. The van der Waals surface area contributed by atoms with Crippen LogP contribution in [0.15, 0.2) is 67.3 Å². The van der Waals surface area contributed by atoms with Crippen molar-refractivity contribution in [3.8, 4) is 39.5 Å². The molecular formula is C33H33FN8O. The molecule has 0 atom stereocenters. The van der Waals surface area contributed by atoms with Gasteiger partial charge in [-0.2, -0.15) is 5.10 Å². The Morgan fingerprint density at radius 1 is 0.953 bits per heavy atom. The molecule has 0 saturated carbocycles. The molecule has 1 saturated heterocycles. The second-order valence-electron chi connectivity index (χ2n) is 11.4. The summed E-state index contributed by atoms with van der Waals surface area (Å²) in [7, 11) is 4.07. The number of hydrogen-bond donors (Lipinski definition) is 2. The highest BCUT2D eigenvalue weighted by Crippen LogP contribution is 2.35. The van der Waals surface area contributed by atoms with Crippen molar-refractivity contribution in [3.63, 3.8) is 0 Å². The third kappa shape index (κ3) is 5.71. The van der Waals surface area contributed by atoms with E-state index in [4.69, 9.17) is 4.74 Å². The van der Waals surface area contributed by atoms with Crippen molar-refractivity contribution in [2.45, 2.75) is 19.4 Å². The number of aromatic amines is 2. The monoisotopic (exact) mass is 576 g/mol. The highest BCUT2D eigenvalue weighted by Gasteiger charge is 2.17. The molecule has 43 heavy (non-hydrogen) atoms. The van der Waals surface area contributed by atoms with Crippen molar-refractivity contribution in [1.29, 1.82) is 0 Å². The third-order valence-corrected chi connectivity index (χ3v) is 7.88. The molecule has 5 aromatic heterocycles. The van der Waals surface area contributed by atoms with Gasteiger partial charge >= 0.3 is 0 Å². The van der Waals surface area contributed by atoms with Crippen LogP contribution in [-0.2, 0) is 6.54 Å². The van der Waals surface area contributed by atoms with Gasteiger partial charge in [-0.05, 0) is 93.1 Å². The van der Waals surface area contributed by atoms with Gasteiger partial charge in [-0.25, -0.2) is 9.37 Å². The Balaban J connectivity index is 1.21. The summed E-state index contributed by atoms with van der Waals surface area (Å²) in [5, 5.41) is 9.52. The zero-order chi connectivity index (χ0) is 29.3. The summed E-state index contributed by atoms with van der Waals surface area (Å²) < 4.78 is 20.7. The summed E-state index contributed by atoms with van der Waals surface area (Å²) in [4.78, 5) is 21.6. The van der Waals surface area contributed by atoms with Crippen LogP contribution in [0.3, 0.4) is 0 Å². The number of nitrogens with one attached hydrogen (secondary N) is 2. The van der Waals surface area contributed by atoms with Crippen LogP contribution in [-0.4, -0.2) is 80.3 Å². The minimum absolute atomic E-state index is 0.336. The Bertz CT molecular complexity index is 1910. The molecule has 1 aliphatic rings. The van der Waals surface area contributed by atoms with E-state index in [0.717, 1.165) is 81.8 Å². The molecule has 1 fully saturated rings. The van der Waals surface area contributed by atoms with Crippen molar-refractivity contribution in [1.82, 2.24) is 39.9 Å². The van der Waals surface area contributed by atoms with E-state index in [9.17, 15) is 4.39 Å².